The summed E-state index contributed by atoms with van der Waals surface area (Å²) in [5.74, 6) is -5.84. The molecule has 0 spiro atoms. The van der Waals surface area contributed by atoms with E-state index in [0.29, 0.717) is 16.7 Å². The van der Waals surface area contributed by atoms with Crippen LogP contribution in [0.4, 0.5) is 18.9 Å². The Morgan fingerprint density at radius 1 is 1.00 bits per heavy atom. The van der Waals surface area contributed by atoms with Crippen LogP contribution in [0.5, 0.6) is 0 Å². The van der Waals surface area contributed by atoms with Crippen molar-refractivity contribution in [1.29, 1.82) is 0 Å². The normalized spacial score (nSPS) is 10.7. The minimum Gasteiger partial charge on any atom is -0.411 e. The first-order valence-corrected chi connectivity index (χ1v) is 9.62. The molecule has 0 unspecified atom stereocenters. The van der Waals surface area contributed by atoms with Crippen molar-refractivity contribution in [3.63, 3.8) is 0 Å². The van der Waals surface area contributed by atoms with E-state index < -0.39 is 41.5 Å². The second kappa shape index (κ2) is 9.63. The predicted molar refractivity (Wildman–Crippen MR) is 103 cm³/mol. The summed E-state index contributed by atoms with van der Waals surface area (Å²) in [5, 5.41) is 12.7. The van der Waals surface area contributed by atoms with Crippen molar-refractivity contribution >= 4 is 40.9 Å². The molecule has 0 atom stereocenters. The topological polar surface area (TPSA) is 97.1 Å². The summed E-state index contributed by atoms with van der Waals surface area (Å²) in [6, 6.07) is 8.27. The third-order valence-corrected chi connectivity index (χ3v) is 4.65. The molecule has 0 radical (unpaired) electrons. The molecule has 2 amide bonds. The van der Waals surface area contributed by atoms with Gasteiger partial charge in [-0.3, -0.25) is 9.59 Å². The maximum atomic E-state index is 13.5. The second-order valence-electron chi connectivity index (χ2n) is 5.72. The van der Waals surface area contributed by atoms with Crippen molar-refractivity contribution < 1.29 is 27.2 Å². The van der Waals surface area contributed by atoms with Gasteiger partial charge in [0, 0.05) is 10.6 Å². The van der Waals surface area contributed by atoms with Crippen molar-refractivity contribution in [3.05, 3.63) is 58.9 Å². The monoisotopic (exact) mass is 456 g/mol. The van der Waals surface area contributed by atoms with Gasteiger partial charge < -0.3 is 15.1 Å². The van der Waals surface area contributed by atoms with Crippen LogP contribution in [-0.2, 0) is 9.59 Å². The highest BCUT2D eigenvalue weighted by Gasteiger charge is 2.16. The lowest BCUT2D eigenvalue weighted by Crippen LogP contribution is -2.34. The van der Waals surface area contributed by atoms with Crippen molar-refractivity contribution in [2.75, 3.05) is 17.6 Å². The van der Waals surface area contributed by atoms with Crippen molar-refractivity contribution in [2.24, 2.45) is 0 Å². The lowest BCUT2D eigenvalue weighted by atomic mass is 10.2. The fraction of sp³-hybridized carbons (Fsp3) is 0.111. The molecule has 0 aliphatic carbocycles. The van der Waals surface area contributed by atoms with Gasteiger partial charge >= 0.3 is 0 Å². The van der Waals surface area contributed by atoms with E-state index in [4.69, 9.17) is 16.0 Å². The van der Waals surface area contributed by atoms with Crippen LogP contribution in [-0.4, -0.2) is 34.3 Å². The zero-order valence-electron chi connectivity index (χ0n) is 14.9. The Morgan fingerprint density at radius 2 is 1.73 bits per heavy atom. The zero-order chi connectivity index (χ0) is 21.7. The van der Waals surface area contributed by atoms with Crippen LogP contribution in [0, 0.1) is 17.5 Å². The Kier molecular flexibility index (Phi) is 6.95. The number of carbonyl (C=O) groups excluding carboxylic acids is 2. The van der Waals surface area contributed by atoms with E-state index in [9.17, 15) is 22.8 Å². The standard InChI is InChI=1S/C18H12ClF3N4O3S/c19-10-3-1-9(2-4-10)17-25-26-18(29-17)30-8-14(28)23-7-13(27)24-12-6-5-11(20)15(21)16(12)22/h1-6H,7-8H2,(H,23,28)(H,24,27). The highest BCUT2D eigenvalue weighted by molar-refractivity contribution is 7.99. The molecule has 1 heterocycles. The minimum atomic E-state index is -1.70. The molecule has 12 heteroatoms. The number of thioether (sulfide) groups is 1. The van der Waals surface area contributed by atoms with Gasteiger partial charge in [-0.05, 0) is 36.4 Å². The molecule has 2 aromatic carbocycles. The highest BCUT2D eigenvalue weighted by Crippen LogP contribution is 2.24. The van der Waals surface area contributed by atoms with Crippen molar-refractivity contribution in [3.8, 4) is 11.5 Å². The fourth-order valence-corrected chi connectivity index (χ4v) is 2.87. The number of carbonyl (C=O) groups is 2. The summed E-state index contributed by atoms with van der Waals surface area (Å²) in [5.41, 5.74) is 0.118. The van der Waals surface area contributed by atoms with E-state index in [0.717, 1.165) is 17.8 Å². The molecule has 0 saturated carbocycles. The number of aromatic nitrogens is 2. The molecule has 7 nitrogen and oxygen atoms in total. The Labute approximate surface area is 177 Å². The quantitative estimate of drug-likeness (QED) is 0.416. The van der Waals surface area contributed by atoms with Crippen LogP contribution in [0.3, 0.4) is 0 Å². The van der Waals surface area contributed by atoms with E-state index in [1.165, 1.54) is 0 Å². The van der Waals surface area contributed by atoms with Crippen LogP contribution in [0.2, 0.25) is 5.02 Å². The van der Waals surface area contributed by atoms with Gasteiger partial charge in [0.05, 0.1) is 18.0 Å². The van der Waals surface area contributed by atoms with E-state index in [1.807, 2.05) is 5.32 Å². The van der Waals surface area contributed by atoms with E-state index in [-0.39, 0.29) is 16.9 Å². The lowest BCUT2D eigenvalue weighted by molar-refractivity contribution is -0.122. The number of nitrogens with one attached hydrogen (secondary N) is 2. The fourth-order valence-electron chi connectivity index (χ4n) is 2.15. The van der Waals surface area contributed by atoms with Crippen molar-refractivity contribution in [1.82, 2.24) is 15.5 Å². The van der Waals surface area contributed by atoms with E-state index >= 15 is 0 Å². The predicted octanol–water partition coefficient (Wildman–Crippen LogP) is 3.65. The average Bonchev–Trinajstić information content (AvgIpc) is 3.21. The van der Waals surface area contributed by atoms with E-state index in [1.54, 1.807) is 24.3 Å². The number of anilines is 1. The second-order valence-corrected chi connectivity index (χ2v) is 7.08. The van der Waals surface area contributed by atoms with Gasteiger partial charge in [0.1, 0.15) is 0 Å². The van der Waals surface area contributed by atoms with E-state index in [2.05, 4.69) is 15.5 Å². The third kappa shape index (κ3) is 5.51. The summed E-state index contributed by atoms with van der Waals surface area (Å²) >= 11 is 6.76. The van der Waals surface area contributed by atoms with Gasteiger partial charge in [-0.2, -0.15) is 0 Å². The number of benzene rings is 2. The third-order valence-electron chi connectivity index (χ3n) is 3.58. The maximum Gasteiger partial charge on any atom is 0.277 e. The number of rotatable bonds is 7. The summed E-state index contributed by atoms with van der Waals surface area (Å²) in [6.45, 7) is -0.502. The van der Waals surface area contributed by atoms with Crippen molar-refractivity contribution in [2.45, 2.75) is 5.22 Å². The molecule has 0 saturated heterocycles. The largest absolute Gasteiger partial charge is 0.411 e. The Bertz CT molecular complexity index is 1080. The molecule has 3 aromatic rings. The summed E-state index contributed by atoms with van der Waals surface area (Å²) < 4.78 is 45.0. The Morgan fingerprint density at radius 3 is 2.47 bits per heavy atom. The SMILES string of the molecule is O=C(CSc1nnc(-c2ccc(Cl)cc2)o1)NCC(=O)Nc1ccc(F)c(F)c1F. The molecule has 0 fully saturated rings. The summed E-state index contributed by atoms with van der Waals surface area (Å²) in [7, 11) is 0. The minimum absolute atomic E-state index is 0.130. The lowest BCUT2D eigenvalue weighted by Gasteiger charge is -2.08. The molecule has 0 bridgehead atoms. The molecule has 0 aliphatic rings. The highest BCUT2D eigenvalue weighted by atomic mass is 35.5. The zero-order valence-corrected chi connectivity index (χ0v) is 16.5. The van der Waals surface area contributed by atoms with Gasteiger partial charge in [-0.15, -0.1) is 10.2 Å². The summed E-state index contributed by atoms with van der Waals surface area (Å²) in [6.07, 6.45) is 0. The van der Waals surface area contributed by atoms with Crippen LogP contribution >= 0.6 is 23.4 Å². The molecule has 1 aromatic heterocycles. The first-order chi connectivity index (χ1) is 14.3. The molecular formula is C18H12ClF3N4O3S. The van der Waals surface area contributed by atoms with Gasteiger partial charge in [-0.25, -0.2) is 13.2 Å². The number of halogens is 4. The van der Waals surface area contributed by atoms with Crippen LogP contribution in [0.15, 0.2) is 46.0 Å². The first kappa shape index (κ1) is 21.7. The maximum absolute atomic E-state index is 13.5. The Balaban J connectivity index is 1.45. The number of nitrogens with zero attached hydrogens (tertiary/aromatic N) is 2. The number of amides is 2. The number of hydrogen-bond acceptors (Lipinski definition) is 6. The molecule has 3 rings (SSSR count). The molecule has 30 heavy (non-hydrogen) atoms. The Hall–Kier alpha value is -3.05. The molecular weight excluding hydrogens is 445 g/mol. The van der Waals surface area contributed by atoms with Gasteiger partial charge in [0.2, 0.25) is 17.7 Å². The summed E-state index contributed by atoms with van der Waals surface area (Å²) in [4.78, 5) is 23.6. The van der Waals surface area contributed by atoms with Crippen LogP contribution in [0.1, 0.15) is 0 Å². The van der Waals surface area contributed by atoms with Crippen LogP contribution in [0.25, 0.3) is 11.5 Å². The number of hydrogen-bond donors (Lipinski definition) is 2. The average molecular weight is 457 g/mol. The van der Waals surface area contributed by atoms with Gasteiger partial charge in [0.15, 0.2) is 17.5 Å². The van der Waals surface area contributed by atoms with Gasteiger partial charge in [0.25, 0.3) is 5.22 Å². The first-order valence-electron chi connectivity index (χ1n) is 8.26. The smallest absolute Gasteiger partial charge is 0.277 e. The van der Waals surface area contributed by atoms with Crippen LogP contribution < -0.4 is 10.6 Å². The molecule has 2 N–H and O–H groups in total. The van der Waals surface area contributed by atoms with Gasteiger partial charge in [-0.1, -0.05) is 23.4 Å². The molecule has 0 aliphatic heterocycles. The molecule has 156 valence electrons.